The highest BCUT2D eigenvalue weighted by molar-refractivity contribution is 7.16. The molecule has 4 rings (SSSR count). The molecule has 0 radical (unpaired) electrons. The van der Waals surface area contributed by atoms with Crippen LogP contribution in [0.4, 0.5) is 5.69 Å². The third-order valence-corrected chi connectivity index (χ3v) is 7.73. The van der Waals surface area contributed by atoms with Crippen molar-refractivity contribution in [2.24, 2.45) is 0 Å². The van der Waals surface area contributed by atoms with Gasteiger partial charge in [-0.3, -0.25) is 4.79 Å². The number of hydrogen-bond donors (Lipinski definition) is 1. The average molecular weight is 462 g/mol. The zero-order chi connectivity index (χ0) is 23.0. The quantitative estimate of drug-likeness (QED) is 0.430. The van der Waals surface area contributed by atoms with Gasteiger partial charge in [-0.2, -0.15) is 0 Å². The molecule has 0 saturated carbocycles. The molecule has 166 valence electrons. The normalized spacial score (nSPS) is 15.3. The molecule has 1 aliphatic carbocycles. The van der Waals surface area contributed by atoms with Crippen LogP contribution in [0.5, 0.6) is 0 Å². The molecule has 0 saturated heterocycles. The van der Waals surface area contributed by atoms with E-state index in [1.54, 1.807) is 0 Å². The highest BCUT2D eigenvalue weighted by atomic mass is 32.1. The number of hydrogen-bond acceptors (Lipinski definition) is 4. The molecule has 2 heterocycles. The number of allylic oxidation sites excluding steroid dienone is 2. The highest BCUT2D eigenvalue weighted by Crippen LogP contribution is 2.36. The van der Waals surface area contributed by atoms with Crippen molar-refractivity contribution >= 4 is 46.3 Å². The Kier molecular flexibility index (Phi) is 6.28. The van der Waals surface area contributed by atoms with Gasteiger partial charge in [0.05, 0.1) is 10.6 Å². The van der Waals surface area contributed by atoms with Crippen molar-refractivity contribution < 1.29 is 4.79 Å². The molecule has 0 bridgehead atoms. The van der Waals surface area contributed by atoms with E-state index < -0.39 is 0 Å². The van der Waals surface area contributed by atoms with Crippen LogP contribution >= 0.6 is 22.7 Å². The van der Waals surface area contributed by atoms with Crippen LogP contribution in [0.15, 0.2) is 52.9 Å². The maximum atomic E-state index is 13.5. The second-order valence-corrected chi connectivity index (χ2v) is 11.7. The van der Waals surface area contributed by atoms with Crippen molar-refractivity contribution in [3.05, 3.63) is 83.6 Å². The van der Waals surface area contributed by atoms with E-state index in [0.717, 1.165) is 38.0 Å². The van der Waals surface area contributed by atoms with Crippen LogP contribution in [-0.2, 0) is 0 Å². The summed E-state index contributed by atoms with van der Waals surface area (Å²) in [6, 6.07) is 12.6. The number of aryl methyl sites for hydroxylation is 1. The van der Waals surface area contributed by atoms with Gasteiger partial charge in [0.25, 0.3) is 0 Å². The summed E-state index contributed by atoms with van der Waals surface area (Å²) in [5.74, 6) is 0.0771. The predicted molar refractivity (Wildman–Crippen MR) is 140 cm³/mol. The first kappa shape index (κ1) is 22.8. The lowest BCUT2D eigenvalue weighted by Crippen LogP contribution is -2.33. The van der Waals surface area contributed by atoms with Crippen molar-refractivity contribution in [2.45, 2.75) is 59.4 Å². The zero-order valence-electron chi connectivity index (χ0n) is 19.6. The SMILES string of the molecule is C=c1sc(C(=O)c2cccs2)c(NC(C)(C)C)/c1=C(/C1=C(C)CCC1)c1ccc(C)cc1. The lowest BCUT2D eigenvalue weighted by molar-refractivity contribution is 0.104. The van der Waals surface area contributed by atoms with Gasteiger partial charge in [0.15, 0.2) is 0 Å². The Bertz CT molecular complexity index is 1280. The highest BCUT2D eigenvalue weighted by Gasteiger charge is 2.26. The number of carbonyl (C=O) groups is 1. The fraction of sp³-hybridized carbons (Fsp3) is 0.321. The van der Waals surface area contributed by atoms with Crippen LogP contribution in [0.1, 0.15) is 72.6 Å². The minimum Gasteiger partial charge on any atom is -0.379 e. The van der Waals surface area contributed by atoms with Crippen molar-refractivity contribution in [3.8, 4) is 0 Å². The van der Waals surface area contributed by atoms with E-state index in [1.807, 2.05) is 17.5 Å². The van der Waals surface area contributed by atoms with E-state index in [1.165, 1.54) is 56.9 Å². The third kappa shape index (κ3) is 4.53. The van der Waals surface area contributed by atoms with Crippen LogP contribution in [0, 0.1) is 6.92 Å². The smallest absolute Gasteiger partial charge is 0.215 e. The van der Waals surface area contributed by atoms with Crippen molar-refractivity contribution in [1.82, 2.24) is 0 Å². The van der Waals surface area contributed by atoms with Gasteiger partial charge >= 0.3 is 0 Å². The largest absolute Gasteiger partial charge is 0.379 e. The molecule has 1 aliphatic rings. The topological polar surface area (TPSA) is 29.1 Å². The Morgan fingerprint density at radius 3 is 2.34 bits per heavy atom. The summed E-state index contributed by atoms with van der Waals surface area (Å²) in [4.78, 5) is 15.0. The molecule has 0 spiro atoms. The van der Waals surface area contributed by atoms with Crippen LogP contribution in [0.25, 0.3) is 12.2 Å². The second kappa shape index (κ2) is 8.84. The average Bonchev–Trinajstić information content (AvgIpc) is 3.45. The number of benzene rings is 1. The minimum atomic E-state index is -0.190. The number of anilines is 1. The maximum Gasteiger partial charge on any atom is 0.215 e. The molecule has 0 amide bonds. The van der Waals surface area contributed by atoms with Gasteiger partial charge in [-0.1, -0.05) is 48.0 Å². The van der Waals surface area contributed by atoms with Crippen LogP contribution < -0.4 is 15.1 Å². The summed E-state index contributed by atoms with van der Waals surface area (Å²) >= 11 is 3.01. The maximum absolute atomic E-state index is 13.5. The molecule has 4 heteroatoms. The Hall–Kier alpha value is -2.43. The number of nitrogens with one attached hydrogen (secondary N) is 1. The molecule has 2 nitrogen and oxygen atoms in total. The summed E-state index contributed by atoms with van der Waals surface area (Å²) in [5, 5.41) is 6.74. The van der Waals surface area contributed by atoms with Crippen molar-refractivity contribution in [2.75, 3.05) is 5.32 Å². The molecule has 32 heavy (non-hydrogen) atoms. The molecule has 1 aromatic carbocycles. The standard InChI is InChI=1S/C28H31NOS2/c1-17-12-14-20(15-13-17)24(21-10-7-9-18(21)2)23-19(3)32-27(25(23)29-28(4,5)6)26(30)22-11-8-16-31-22/h8,11-16,29H,3,7,9-10H2,1-2,4-6H3/b24-23+. The van der Waals surface area contributed by atoms with Gasteiger partial charge in [0, 0.05) is 15.3 Å². The summed E-state index contributed by atoms with van der Waals surface area (Å²) in [6.07, 6.45) is 3.37. The Labute approximate surface area is 199 Å². The van der Waals surface area contributed by atoms with Gasteiger partial charge in [-0.15, -0.1) is 22.7 Å². The molecule has 1 N–H and O–H groups in total. The third-order valence-electron chi connectivity index (χ3n) is 5.82. The fourth-order valence-corrected chi connectivity index (χ4v) is 6.08. The van der Waals surface area contributed by atoms with E-state index in [0.29, 0.717) is 0 Å². The molecule has 0 atom stereocenters. The molecule has 0 fully saturated rings. The predicted octanol–water partition coefficient (Wildman–Crippen LogP) is 6.67. The van der Waals surface area contributed by atoms with Gasteiger partial charge < -0.3 is 5.32 Å². The summed E-state index contributed by atoms with van der Waals surface area (Å²) < 4.78 is 0.944. The van der Waals surface area contributed by atoms with E-state index >= 15 is 0 Å². The molecule has 3 aromatic rings. The Balaban J connectivity index is 2.10. The number of ketones is 1. The van der Waals surface area contributed by atoms with Crippen LogP contribution in [0.2, 0.25) is 0 Å². The van der Waals surface area contributed by atoms with E-state index in [-0.39, 0.29) is 11.3 Å². The number of carbonyl (C=O) groups excluding carboxylic acids is 1. The Morgan fingerprint density at radius 2 is 1.78 bits per heavy atom. The molecule has 2 aromatic heterocycles. The van der Waals surface area contributed by atoms with Gasteiger partial charge in [-0.05, 0) is 82.0 Å². The second-order valence-electron chi connectivity index (χ2n) is 9.64. The first-order valence-corrected chi connectivity index (χ1v) is 12.8. The van der Waals surface area contributed by atoms with E-state index in [2.05, 4.69) is 70.8 Å². The van der Waals surface area contributed by atoms with E-state index in [4.69, 9.17) is 0 Å². The van der Waals surface area contributed by atoms with Gasteiger partial charge in [0.2, 0.25) is 5.78 Å². The molecular formula is C28H31NOS2. The molecular weight excluding hydrogens is 430 g/mol. The monoisotopic (exact) mass is 461 g/mol. The van der Waals surface area contributed by atoms with Crippen LogP contribution in [-0.4, -0.2) is 11.3 Å². The molecule has 0 aliphatic heterocycles. The molecule has 0 unspecified atom stereocenters. The summed E-state index contributed by atoms with van der Waals surface area (Å²) in [7, 11) is 0. The first-order chi connectivity index (χ1) is 15.2. The van der Waals surface area contributed by atoms with Gasteiger partial charge in [-0.25, -0.2) is 0 Å². The van der Waals surface area contributed by atoms with Crippen molar-refractivity contribution in [1.29, 1.82) is 0 Å². The fourth-order valence-electron chi connectivity index (χ4n) is 4.34. The number of rotatable bonds is 5. The lowest BCUT2D eigenvalue weighted by atomic mass is 9.92. The van der Waals surface area contributed by atoms with E-state index in [9.17, 15) is 4.79 Å². The summed E-state index contributed by atoms with van der Waals surface area (Å²) in [6.45, 7) is 15.2. The minimum absolute atomic E-state index is 0.0771. The zero-order valence-corrected chi connectivity index (χ0v) is 21.2. The first-order valence-electron chi connectivity index (χ1n) is 11.1. The summed E-state index contributed by atoms with van der Waals surface area (Å²) in [5.41, 5.74) is 7.26. The van der Waals surface area contributed by atoms with Crippen LogP contribution in [0.3, 0.4) is 0 Å². The lowest BCUT2D eigenvalue weighted by Gasteiger charge is -2.23. The van der Waals surface area contributed by atoms with Crippen molar-refractivity contribution in [3.63, 3.8) is 0 Å². The van der Waals surface area contributed by atoms with Gasteiger partial charge in [0.1, 0.15) is 4.88 Å². The Morgan fingerprint density at radius 1 is 1.06 bits per heavy atom. The number of thiophene rings is 2.